The largest absolute Gasteiger partial charge is 0.447 e. The molecule has 1 N–H and O–H groups in total. The second-order valence-electron chi connectivity index (χ2n) is 6.12. The van der Waals surface area contributed by atoms with E-state index in [2.05, 4.69) is 0 Å². The lowest BCUT2D eigenvalue weighted by Crippen LogP contribution is -2.46. The van der Waals surface area contributed by atoms with Gasteiger partial charge in [0, 0.05) is 6.42 Å². The molecule has 6 heteroatoms. The Kier molecular flexibility index (Phi) is 6.09. The van der Waals surface area contributed by atoms with E-state index in [0.29, 0.717) is 12.8 Å². The van der Waals surface area contributed by atoms with Crippen LogP contribution in [0.3, 0.4) is 0 Å². The molecule has 1 aliphatic rings. The van der Waals surface area contributed by atoms with Crippen LogP contribution in [0.2, 0.25) is 0 Å². The first-order valence-corrected chi connectivity index (χ1v) is 8.15. The number of carbonyl (C=O) groups is 3. The molecule has 2 amide bonds. The van der Waals surface area contributed by atoms with Crippen molar-refractivity contribution in [1.29, 1.82) is 0 Å². The number of imide groups is 1. The van der Waals surface area contributed by atoms with Crippen LogP contribution in [0.25, 0.3) is 0 Å². The number of benzene rings is 1. The second kappa shape index (κ2) is 8.06. The molecule has 0 bridgehead atoms. The van der Waals surface area contributed by atoms with Crippen LogP contribution in [0.15, 0.2) is 30.3 Å². The first-order chi connectivity index (χ1) is 11.4. The zero-order valence-corrected chi connectivity index (χ0v) is 14.0. The van der Waals surface area contributed by atoms with E-state index in [4.69, 9.17) is 4.74 Å². The van der Waals surface area contributed by atoms with Crippen LogP contribution in [0.1, 0.15) is 32.3 Å². The zero-order chi connectivity index (χ0) is 17.7. The van der Waals surface area contributed by atoms with Crippen molar-refractivity contribution >= 4 is 17.8 Å². The van der Waals surface area contributed by atoms with Crippen LogP contribution in [-0.2, 0) is 20.7 Å². The van der Waals surface area contributed by atoms with E-state index in [1.807, 2.05) is 30.3 Å². The van der Waals surface area contributed by atoms with E-state index in [-0.39, 0.29) is 18.8 Å². The van der Waals surface area contributed by atoms with Gasteiger partial charge in [0.2, 0.25) is 5.91 Å². The molecule has 1 saturated heterocycles. The molecule has 1 aromatic rings. The number of cyclic esters (lactones) is 1. The molecule has 0 unspecified atom stereocenters. The highest BCUT2D eigenvalue weighted by atomic mass is 16.6. The molecule has 6 nitrogen and oxygen atoms in total. The summed E-state index contributed by atoms with van der Waals surface area (Å²) in [5, 5.41) is 10.2. The minimum Gasteiger partial charge on any atom is -0.447 e. The van der Waals surface area contributed by atoms with Gasteiger partial charge in [-0.3, -0.25) is 9.59 Å². The lowest BCUT2D eigenvalue weighted by molar-refractivity contribution is -0.138. The van der Waals surface area contributed by atoms with Crippen molar-refractivity contribution in [3.63, 3.8) is 0 Å². The van der Waals surface area contributed by atoms with Crippen molar-refractivity contribution in [2.45, 2.75) is 45.3 Å². The number of hydrogen-bond acceptors (Lipinski definition) is 5. The molecular formula is C18H23NO5. The number of Topliss-reactive ketones (excluding diaryl/α,β-unsaturated/α-hetero) is 1. The van der Waals surface area contributed by atoms with Gasteiger partial charge < -0.3 is 9.84 Å². The average molecular weight is 333 g/mol. The maximum atomic E-state index is 12.8. The summed E-state index contributed by atoms with van der Waals surface area (Å²) in [5.74, 6) is -1.47. The van der Waals surface area contributed by atoms with Crippen molar-refractivity contribution < 1.29 is 24.2 Å². The summed E-state index contributed by atoms with van der Waals surface area (Å²) in [6.07, 6.45) is -1.04. The number of carbonyl (C=O) groups excluding carboxylic acids is 3. The van der Waals surface area contributed by atoms with E-state index in [1.54, 1.807) is 6.92 Å². The summed E-state index contributed by atoms with van der Waals surface area (Å²) < 4.78 is 5.04. The lowest BCUT2D eigenvalue weighted by Gasteiger charge is -2.26. The van der Waals surface area contributed by atoms with Gasteiger partial charge in [0.25, 0.3) is 0 Å². The molecule has 3 atom stereocenters. The molecule has 1 heterocycles. The maximum Gasteiger partial charge on any atom is 0.416 e. The molecule has 0 aliphatic carbocycles. The summed E-state index contributed by atoms with van der Waals surface area (Å²) in [4.78, 5) is 37.1. The third-order valence-corrected chi connectivity index (χ3v) is 4.23. The second-order valence-corrected chi connectivity index (χ2v) is 6.12. The highest BCUT2D eigenvalue weighted by Crippen LogP contribution is 2.23. The number of aliphatic hydroxyl groups is 1. The topological polar surface area (TPSA) is 83.9 Å². The third kappa shape index (κ3) is 4.20. The maximum absolute atomic E-state index is 12.8. The van der Waals surface area contributed by atoms with E-state index in [1.165, 1.54) is 6.92 Å². The molecule has 0 radical (unpaired) electrons. The minimum atomic E-state index is -1.09. The SMILES string of the molecule is CC[C@H](C(=O)N1C(=O)OC[C@@H]1Cc1ccccc1)[C@H](O)CC(C)=O. The van der Waals surface area contributed by atoms with Crippen LogP contribution in [0.4, 0.5) is 4.79 Å². The summed E-state index contributed by atoms with van der Waals surface area (Å²) in [7, 11) is 0. The van der Waals surface area contributed by atoms with Gasteiger partial charge in [0.1, 0.15) is 12.4 Å². The third-order valence-electron chi connectivity index (χ3n) is 4.23. The quantitative estimate of drug-likeness (QED) is 0.824. The molecule has 130 valence electrons. The highest BCUT2D eigenvalue weighted by Gasteiger charge is 2.42. The van der Waals surface area contributed by atoms with Crippen molar-refractivity contribution in [3.05, 3.63) is 35.9 Å². The summed E-state index contributed by atoms with van der Waals surface area (Å²) in [5.41, 5.74) is 0.996. The molecule has 1 fully saturated rings. The van der Waals surface area contributed by atoms with Crippen molar-refractivity contribution in [1.82, 2.24) is 4.90 Å². The fourth-order valence-electron chi connectivity index (χ4n) is 2.99. The zero-order valence-electron chi connectivity index (χ0n) is 14.0. The van der Waals surface area contributed by atoms with Gasteiger partial charge >= 0.3 is 6.09 Å². The molecular weight excluding hydrogens is 310 g/mol. The van der Waals surface area contributed by atoms with Gasteiger partial charge in [-0.05, 0) is 25.3 Å². The number of hydrogen-bond donors (Lipinski definition) is 1. The fourth-order valence-corrected chi connectivity index (χ4v) is 2.99. The van der Waals surface area contributed by atoms with Gasteiger partial charge in [-0.15, -0.1) is 0 Å². The Morgan fingerprint density at radius 1 is 1.33 bits per heavy atom. The van der Waals surface area contributed by atoms with Gasteiger partial charge in [-0.1, -0.05) is 37.3 Å². The van der Waals surface area contributed by atoms with E-state index < -0.39 is 30.1 Å². The molecule has 1 aliphatic heterocycles. The van der Waals surface area contributed by atoms with Crippen molar-refractivity contribution in [3.8, 4) is 0 Å². The number of nitrogens with zero attached hydrogens (tertiary/aromatic N) is 1. The minimum absolute atomic E-state index is 0.101. The summed E-state index contributed by atoms with van der Waals surface area (Å²) in [6.45, 7) is 3.25. The van der Waals surface area contributed by atoms with Crippen LogP contribution in [0, 0.1) is 5.92 Å². The molecule has 0 aromatic heterocycles. The fraction of sp³-hybridized carbons (Fsp3) is 0.500. The normalized spacial score (nSPS) is 19.7. The van der Waals surface area contributed by atoms with E-state index in [9.17, 15) is 19.5 Å². The van der Waals surface area contributed by atoms with Crippen molar-refractivity contribution in [2.75, 3.05) is 6.61 Å². The van der Waals surface area contributed by atoms with Gasteiger partial charge in [-0.25, -0.2) is 9.69 Å². The molecule has 24 heavy (non-hydrogen) atoms. The Morgan fingerprint density at radius 2 is 2.00 bits per heavy atom. The smallest absolute Gasteiger partial charge is 0.416 e. The Hall–Kier alpha value is -2.21. The first kappa shape index (κ1) is 18.1. The summed E-state index contributed by atoms with van der Waals surface area (Å²) in [6, 6.07) is 9.13. The van der Waals surface area contributed by atoms with E-state index >= 15 is 0 Å². The molecule has 0 spiro atoms. The lowest BCUT2D eigenvalue weighted by atomic mass is 9.93. The Labute approximate surface area is 141 Å². The number of rotatable bonds is 7. The van der Waals surface area contributed by atoms with Crippen LogP contribution in [-0.4, -0.2) is 46.5 Å². The standard InChI is InChI=1S/C18H23NO5/c1-3-15(16(21)9-12(2)20)17(22)19-14(11-24-18(19)23)10-13-7-5-4-6-8-13/h4-8,14-16,21H,3,9-11H2,1-2H3/t14-,15-,16+/m0/s1. The monoisotopic (exact) mass is 333 g/mol. The van der Waals surface area contributed by atoms with Crippen LogP contribution >= 0.6 is 0 Å². The number of ketones is 1. The van der Waals surface area contributed by atoms with Gasteiger partial charge in [-0.2, -0.15) is 0 Å². The Balaban J connectivity index is 2.14. The molecule has 2 rings (SSSR count). The average Bonchev–Trinajstić information content (AvgIpc) is 2.88. The molecule has 0 saturated carbocycles. The van der Waals surface area contributed by atoms with Crippen LogP contribution in [0.5, 0.6) is 0 Å². The van der Waals surface area contributed by atoms with E-state index in [0.717, 1.165) is 10.5 Å². The number of ether oxygens (including phenoxy) is 1. The number of aliphatic hydroxyl groups excluding tert-OH is 1. The predicted octanol–water partition coefficient (Wildman–Crippen LogP) is 1.94. The summed E-state index contributed by atoms with van der Waals surface area (Å²) >= 11 is 0. The Morgan fingerprint density at radius 3 is 2.58 bits per heavy atom. The van der Waals surface area contributed by atoms with Gasteiger partial charge in [0.05, 0.1) is 18.1 Å². The molecule has 1 aromatic carbocycles. The van der Waals surface area contributed by atoms with Crippen molar-refractivity contribution in [2.24, 2.45) is 5.92 Å². The number of amides is 2. The van der Waals surface area contributed by atoms with Gasteiger partial charge in [0.15, 0.2) is 0 Å². The Bertz CT molecular complexity index is 601. The van der Waals surface area contributed by atoms with Crippen LogP contribution < -0.4 is 0 Å². The highest BCUT2D eigenvalue weighted by molar-refractivity contribution is 5.95. The predicted molar refractivity (Wildman–Crippen MR) is 87.2 cm³/mol. The first-order valence-electron chi connectivity index (χ1n) is 8.15.